The van der Waals surface area contributed by atoms with Crippen molar-refractivity contribution in [3.05, 3.63) is 83.1 Å². The molecule has 1 aromatic carbocycles. The summed E-state index contributed by atoms with van der Waals surface area (Å²) in [6.45, 7) is 2.52. The van der Waals surface area contributed by atoms with E-state index >= 15 is 0 Å². The van der Waals surface area contributed by atoms with E-state index in [1.165, 1.54) is 12.1 Å². The maximum Gasteiger partial charge on any atom is 0.273 e. The van der Waals surface area contributed by atoms with Gasteiger partial charge in [0, 0.05) is 18.7 Å². The minimum absolute atomic E-state index is 0.105. The molecule has 3 heterocycles. The number of aryl methyl sites for hydroxylation is 1. The van der Waals surface area contributed by atoms with Crippen LogP contribution in [-0.2, 0) is 6.42 Å². The lowest BCUT2D eigenvalue weighted by molar-refractivity contribution is 0.0708. The van der Waals surface area contributed by atoms with Crippen LogP contribution in [0.3, 0.4) is 0 Å². The van der Waals surface area contributed by atoms with Crippen molar-refractivity contribution in [1.82, 2.24) is 14.9 Å². The lowest BCUT2D eigenvalue weighted by Crippen LogP contribution is -2.31. The van der Waals surface area contributed by atoms with Crippen molar-refractivity contribution >= 4 is 5.91 Å². The number of likely N-dealkylation sites (tertiary alicyclic amines) is 1. The van der Waals surface area contributed by atoms with Crippen molar-refractivity contribution in [2.45, 2.75) is 32.2 Å². The number of benzene rings is 1. The van der Waals surface area contributed by atoms with Gasteiger partial charge in [-0.1, -0.05) is 18.2 Å². The molecule has 0 radical (unpaired) electrons. The van der Waals surface area contributed by atoms with Gasteiger partial charge in [0.2, 0.25) is 5.89 Å². The Balaban J connectivity index is 1.52. The molecule has 0 spiro atoms. The van der Waals surface area contributed by atoms with Crippen LogP contribution < -0.4 is 0 Å². The first-order valence-electron chi connectivity index (χ1n) is 9.04. The van der Waals surface area contributed by atoms with Crippen LogP contribution in [0, 0.1) is 12.7 Å². The van der Waals surface area contributed by atoms with E-state index in [1.807, 2.05) is 25.1 Å². The number of halogens is 1. The average Bonchev–Trinajstić information content (AvgIpc) is 3.30. The summed E-state index contributed by atoms with van der Waals surface area (Å²) in [6.07, 6.45) is 3.82. The van der Waals surface area contributed by atoms with Crippen LogP contribution in [0.2, 0.25) is 0 Å². The van der Waals surface area contributed by atoms with Crippen LogP contribution in [-0.4, -0.2) is 27.3 Å². The van der Waals surface area contributed by atoms with Gasteiger partial charge in [-0.05, 0) is 49.6 Å². The van der Waals surface area contributed by atoms with Crippen molar-refractivity contribution in [1.29, 1.82) is 0 Å². The maximum atomic E-state index is 13.4. The molecule has 27 heavy (non-hydrogen) atoms. The molecule has 1 aliphatic heterocycles. The molecular weight excluding hydrogens is 345 g/mol. The van der Waals surface area contributed by atoms with Crippen molar-refractivity contribution in [3.63, 3.8) is 0 Å². The molecule has 0 bridgehead atoms. The highest BCUT2D eigenvalue weighted by molar-refractivity contribution is 5.92. The van der Waals surface area contributed by atoms with E-state index in [4.69, 9.17) is 4.42 Å². The molecule has 4 rings (SSSR count). The molecular formula is C21H20FN3O2. The maximum absolute atomic E-state index is 13.4. The van der Waals surface area contributed by atoms with Crippen molar-refractivity contribution in [3.8, 4) is 0 Å². The normalized spacial score (nSPS) is 16.7. The van der Waals surface area contributed by atoms with Gasteiger partial charge in [0.25, 0.3) is 5.91 Å². The molecule has 1 saturated heterocycles. The van der Waals surface area contributed by atoms with E-state index in [1.54, 1.807) is 23.2 Å². The summed E-state index contributed by atoms with van der Waals surface area (Å²) in [7, 11) is 0. The Kier molecular flexibility index (Phi) is 4.71. The highest BCUT2D eigenvalue weighted by Gasteiger charge is 2.34. The number of rotatable bonds is 4. The summed E-state index contributed by atoms with van der Waals surface area (Å²) >= 11 is 0. The third-order valence-electron chi connectivity index (χ3n) is 4.74. The molecule has 1 amide bonds. The standard InChI is InChI=1S/C21H20FN3O2/c1-14-5-2-8-18(24-14)21(26)25-10-4-9-19(25)20-23-13-17(27-20)12-15-6-3-7-16(22)11-15/h2-3,5-8,11,13,19H,4,9-10,12H2,1H3/t19-/m0/s1. The largest absolute Gasteiger partial charge is 0.443 e. The molecule has 3 aromatic rings. The molecule has 1 fully saturated rings. The lowest BCUT2D eigenvalue weighted by atomic mass is 10.1. The minimum atomic E-state index is -0.273. The second kappa shape index (κ2) is 7.31. The van der Waals surface area contributed by atoms with Gasteiger partial charge in [-0.25, -0.2) is 14.4 Å². The van der Waals surface area contributed by atoms with Gasteiger partial charge in [-0.2, -0.15) is 0 Å². The van der Waals surface area contributed by atoms with E-state index in [0.29, 0.717) is 30.3 Å². The fourth-order valence-corrected chi connectivity index (χ4v) is 3.48. The number of pyridine rings is 1. The zero-order valence-electron chi connectivity index (χ0n) is 15.1. The monoisotopic (exact) mass is 365 g/mol. The molecule has 2 aromatic heterocycles. The summed E-state index contributed by atoms with van der Waals surface area (Å²) in [5, 5.41) is 0. The van der Waals surface area contributed by atoms with Gasteiger partial charge in [0.15, 0.2) is 0 Å². The number of aromatic nitrogens is 2. The molecule has 1 aliphatic rings. The lowest BCUT2D eigenvalue weighted by Gasteiger charge is -2.22. The Labute approximate surface area is 156 Å². The number of hydrogen-bond donors (Lipinski definition) is 0. The average molecular weight is 365 g/mol. The number of carbonyl (C=O) groups excluding carboxylic acids is 1. The molecule has 0 saturated carbocycles. The first-order chi connectivity index (χ1) is 13.1. The highest BCUT2D eigenvalue weighted by atomic mass is 19.1. The summed E-state index contributed by atoms with van der Waals surface area (Å²) in [4.78, 5) is 23.4. The Morgan fingerprint density at radius 3 is 2.96 bits per heavy atom. The number of hydrogen-bond acceptors (Lipinski definition) is 4. The fraction of sp³-hybridized carbons (Fsp3) is 0.286. The predicted octanol–water partition coefficient (Wildman–Crippen LogP) is 4.09. The summed E-state index contributed by atoms with van der Waals surface area (Å²) in [5.74, 6) is 0.806. The van der Waals surface area contributed by atoms with Crippen LogP contribution in [0.5, 0.6) is 0 Å². The summed E-state index contributed by atoms with van der Waals surface area (Å²) < 4.78 is 19.3. The molecule has 0 aliphatic carbocycles. The van der Waals surface area contributed by atoms with Gasteiger partial charge < -0.3 is 9.32 Å². The molecule has 6 heteroatoms. The van der Waals surface area contributed by atoms with Gasteiger partial charge in [0.1, 0.15) is 23.3 Å². The van der Waals surface area contributed by atoms with E-state index in [-0.39, 0.29) is 17.8 Å². The third-order valence-corrected chi connectivity index (χ3v) is 4.74. The molecule has 138 valence electrons. The number of carbonyl (C=O) groups is 1. The topological polar surface area (TPSA) is 59.2 Å². The molecule has 0 N–H and O–H groups in total. The second-order valence-electron chi connectivity index (χ2n) is 6.79. The summed E-state index contributed by atoms with van der Waals surface area (Å²) in [6, 6.07) is 11.7. The Morgan fingerprint density at radius 1 is 1.30 bits per heavy atom. The summed E-state index contributed by atoms with van der Waals surface area (Å²) in [5.41, 5.74) is 2.07. The van der Waals surface area contributed by atoms with Gasteiger partial charge in [-0.3, -0.25) is 4.79 Å². The van der Waals surface area contributed by atoms with Gasteiger partial charge in [0.05, 0.1) is 6.20 Å². The quantitative estimate of drug-likeness (QED) is 0.699. The molecule has 0 unspecified atom stereocenters. The number of oxazole rings is 1. The zero-order valence-corrected chi connectivity index (χ0v) is 15.1. The van der Waals surface area contributed by atoms with Crippen molar-refractivity contribution < 1.29 is 13.6 Å². The van der Waals surface area contributed by atoms with Crippen LogP contribution >= 0.6 is 0 Å². The van der Waals surface area contributed by atoms with E-state index < -0.39 is 0 Å². The SMILES string of the molecule is Cc1cccc(C(=O)N2CCC[C@H]2c2ncc(Cc3cccc(F)c3)o2)n1. The Bertz CT molecular complexity index is 969. The Hall–Kier alpha value is -3.02. The van der Waals surface area contributed by atoms with Gasteiger partial charge >= 0.3 is 0 Å². The number of amides is 1. The fourth-order valence-electron chi connectivity index (χ4n) is 3.48. The zero-order chi connectivity index (χ0) is 18.8. The van der Waals surface area contributed by atoms with Crippen LogP contribution in [0.15, 0.2) is 53.1 Å². The smallest absolute Gasteiger partial charge is 0.273 e. The van der Waals surface area contributed by atoms with Crippen LogP contribution in [0.1, 0.15) is 52.3 Å². The molecule has 5 nitrogen and oxygen atoms in total. The Morgan fingerprint density at radius 2 is 2.15 bits per heavy atom. The predicted molar refractivity (Wildman–Crippen MR) is 97.7 cm³/mol. The highest BCUT2D eigenvalue weighted by Crippen LogP contribution is 2.33. The second-order valence-corrected chi connectivity index (χ2v) is 6.79. The van der Waals surface area contributed by atoms with Crippen molar-refractivity contribution in [2.24, 2.45) is 0 Å². The van der Waals surface area contributed by atoms with E-state index in [0.717, 1.165) is 24.1 Å². The van der Waals surface area contributed by atoms with Crippen molar-refractivity contribution in [2.75, 3.05) is 6.54 Å². The van der Waals surface area contributed by atoms with E-state index in [9.17, 15) is 9.18 Å². The first-order valence-corrected chi connectivity index (χ1v) is 9.04. The minimum Gasteiger partial charge on any atom is -0.443 e. The molecule has 1 atom stereocenters. The third kappa shape index (κ3) is 3.74. The van der Waals surface area contributed by atoms with Gasteiger partial charge in [-0.15, -0.1) is 0 Å². The van der Waals surface area contributed by atoms with Crippen LogP contribution in [0.25, 0.3) is 0 Å². The van der Waals surface area contributed by atoms with Crippen LogP contribution in [0.4, 0.5) is 4.39 Å². The first kappa shape index (κ1) is 17.4. The van der Waals surface area contributed by atoms with E-state index in [2.05, 4.69) is 9.97 Å². The number of nitrogens with zero attached hydrogens (tertiary/aromatic N) is 3.